The molecule has 0 aromatic carbocycles. The number of hydrogen-bond donors (Lipinski definition) is 3. The van der Waals surface area contributed by atoms with Gasteiger partial charge in [-0.15, -0.1) is 35.3 Å². The predicted molar refractivity (Wildman–Crippen MR) is 100 cm³/mol. The Kier molecular flexibility index (Phi) is 10.2. The zero-order chi connectivity index (χ0) is 15.0. The van der Waals surface area contributed by atoms with Crippen LogP contribution < -0.4 is 15.4 Å². The molecule has 1 rings (SSSR count). The van der Waals surface area contributed by atoms with E-state index in [0.29, 0.717) is 25.6 Å². The second-order valence-corrected chi connectivity index (χ2v) is 7.51. The van der Waals surface area contributed by atoms with Crippen LogP contribution in [0.1, 0.15) is 16.7 Å². The molecule has 0 amide bonds. The van der Waals surface area contributed by atoms with Crippen LogP contribution in [-0.4, -0.2) is 40.3 Å². The van der Waals surface area contributed by atoms with Crippen molar-refractivity contribution in [3.63, 3.8) is 0 Å². The lowest BCUT2D eigenvalue weighted by atomic mass is 10.4. The van der Waals surface area contributed by atoms with E-state index < -0.39 is 10.0 Å². The minimum absolute atomic E-state index is 0. The number of halogens is 1. The van der Waals surface area contributed by atoms with Crippen molar-refractivity contribution in [3.05, 3.63) is 21.9 Å². The van der Waals surface area contributed by atoms with Crippen LogP contribution >= 0.6 is 35.3 Å². The number of aliphatic imine (C=N–C) groups is 1. The molecule has 0 aliphatic rings. The fourth-order valence-electron chi connectivity index (χ4n) is 1.49. The van der Waals surface area contributed by atoms with Gasteiger partial charge in [0.2, 0.25) is 10.0 Å². The summed E-state index contributed by atoms with van der Waals surface area (Å²) >= 11 is 1.73. The molecule has 0 bridgehead atoms. The summed E-state index contributed by atoms with van der Waals surface area (Å²) in [6.07, 6.45) is 1.14. The SMILES string of the molecule is CCNC(=NCc1ccc(C)s1)NCCNS(C)(=O)=O.I. The summed E-state index contributed by atoms with van der Waals surface area (Å²) in [6, 6.07) is 4.14. The highest BCUT2D eigenvalue weighted by Crippen LogP contribution is 2.15. The van der Waals surface area contributed by atoms with Gasteiger partial charge in [0.1, 0.15) is 0 Å². The molecule has 0 aliphatic heterocycles. The molecule has 122 valence electrons. The van der Waals surface area contributed by atoms with Gasteiger partial charge in [0, 0.05) is 29.4 Å². The second-order valence-electron chi connectivity index (χ2n) is 4.30. The molecule has 21 heavy (non-hydrogen) atoms. The fraction of sp³-hybridized carbons (Fsp3) is 0.583. The molecule has 0 unspecified atom stereocenters. The first kappa shape index (κ1) is 20.6. The number of guanidine groups is 1. The third-order valence-corrected chi connectivity index (χ3v) is 4.03. The van der Waals surface area contributed by atoms with Crippen LogP contribution in [0.4, 0.5) is 0 Å². The van der Waals surface area contributed by atoms with Crippen LogP contribution in [0.2, 0.25) is 0 Å². The van der Waals surface area contributed by atoms with Crippen LogP contribution in [-0.2, 0) is 16.6 Å². The Morgan fingerprint density at radius 2 is 2.00 bits per heavy atom. The maximum absolute atomic E-state index is 10.9. The quantitative estimate of drug-likeness (QED) is 0.255. The molecule has 0 saturated heterocycles. The molecule has 0 fully saturated rings. The summed E-state index contributed by atoms with van der Waals surface area (Å²) in [6.45, 7) is 6.26. The number of rotatable bonds is 7. The lowest BCUT2D eigenvalue weighted by Gasteiger charge is -2.11. The van der Waals surface area contributed by atoms with Gasteiger partial charge in [-0.2, -0.15) is 0 Å². The summed E-state index contributed by atoms with van der Waals surface area (Å²) in [5.74, 6) is 0.689. The summed E-state index contributed by atoms with van der Waals surface area (Å²) < 4.78 is 24.3. The highest BCUT2D eigenvalue weighted by molar-refractivity contribution is 14.0. The van der Waals surface area contributed by atoms with E-state index in [9.17, 15) is 8.42 Å². The van der Waals surface area contributed by atoms with Crippen molar-refractivity contribution in [1.29, 1.82) is 0 Å². The summed E-state index contributed by atoms with van der Waals surface area (Å²) in [4.78, 5) is 6.93. The van der Waals surface area contributed by atoms with Gasteiger partial charge in [-0.3, -0.25) is 0 Å². The molecule has 0 spiro atoms. The number of hydrogen-bond acceptors (Lipinski definition) is 4. The van der Waals surface area contributed by atoms with E-state index in [4.69, 9.17) is 0 Å². The largest absolute Gasteiger partial charge is 0.357 e. The summed E-state index contributed by atoms with van der Waals surface area (Å²) in [5.41, 5.74) is 0. The monoisotopic (exact) mass is 446 g/mol. The van der Waals surface area contributed by atoms with Crippen molar-refractivity contribution in [2.45, 2.75) is 20.4 Å². The number of nitrogens with zero attached hydrogens (tertiary/aromatic N) is 1. The average Bonchev–Trinajstić information content (AvgIpc) is 2.76. The Balaban J connectivity index is 0.00000400. The molecule has 0 atom stereocenters. The van der Waals surface area contributed by atoms with Crippen LogP contribution in [0.5, 0.6) is 0 Å². The van der Waals surface area contributed by atoms with Crippen molar-refractivity contribution < 1.29 is 8.42 Å². The Morgan fingerprint density at radius 3 is 2.52 bits per heavy atom. The molecule has 0 radical (unpaired) electrons. The molecule has 0 saturated carbocycles. The fourth-order valence-corrected chi connectivity index (χ4v) is 2.77. The normalized spacial score (nSPS) is 11.9. The Bertz CT molecular complexity index is 543. The number of sulfonamides is 1. The topological polar surface area (TPSA) is 82.6 Å². The molecule has 6 nitrogen and oxygen atoms in total. The first-order chi connectivity index (χ1) is 9.40. The maximum Gasteiger partial charge on any atom is 0.208 e. The van der Waals surface area contributed by atoms with E-state index in [-0.39, 0.29) is 24.0 Å². The zero-order valence-corrected chi connectivity index (χ0v) is 16.4. The number of nitrogens with one attached hydrogen (secondary N) is 3. The van der Waals surface area contributed by atoms with E-state index in [1.54, 1.807) is 11.3 Å². The van der Waals surface area contributed by atoms with E-state index in [0.717, 1.165) is 12.8 Å². The van der Waals surface area contributed by atoms with Gasteiger partial charge in [-0.05, 0) is 26.0 Å². The minimum Gasteiger partial charge on any atom is -0.357 e. The van der Waals surface area contributed by atoms with E-state index in [1.807, 2.05) is 6.92 Å². The van der Waals surface area contributed by atoms with E-state index in [1.165, 1.54) is 9.75 Å². The second kappa shape index (κ2) is 10.4. The summed E-state index contributed by atoms with van der Waals surface area (Å²) in [7, 11) is -3.14. The molecular formula is C12H23IN4O2S2. The third-order valence-electron chi connectivity index (χ3n) is 2.31. The van der Waals surface area contributed by atoms with Gasteiger partial charge in [0.05, 0.1) is 12.8 Å². The molecule has 1 heterocycles. The van der Waals surface area contributed by atoms with Crippen molar-refractivity contribution in [2.75, 3.05) is 25.9 Å². The molecular weight excluding hydrogens is 423 g/mol. The van der Waals surface area contributed by atoms with Crippen molar-refractivity contribution in [1.82, 2.24) is 15.4 Å². The molecule has 3 N–H and O–H groups in total. The highest BCUT2D eigenvalue weighted by Gasteiger charge is 2.01. The van der Waals surface area contributed by atoms with Crippen molar-refractivity contribution in [3.8, 4) is 0 Å². The van der Waals surface area contributed by atoms with Crippen LogP contribution in [0.25, 0.3) is 0 Å². The third kappa shape index (κ3) is 10.0. The standard InChI is InChI=1S/C12H22N4O2S2.HI/c1-4-13-12(14-7-8-16-20(3,17)18)15-9-11-6-5-10(2)19-11;/h5-6,16H,4,7-9H2,1-3H3,(H2,13,14,15);1H. The molecule has 9 heteroatoms. The molecule has 0 aliphatic carbocycles. The van der Waals surface area contributed by atoms with Gasteiger partial charge >= 0.3 is 0 Å². The number of thiophene rings is 1. The Morgan fingerprint density at radius 1 is 1.29 bits per heavy atom. The maximum atomic E-state index is 10.9. The minimum atomic E-state index is -3.14. The summed E-state index contributed by atoms with van der Waals surface area (Å²) in [5, 5.41) is 6.21. The van der Waals surface area contributed by atoms with Crippen molar-refractivity contribution in [2.24, 2.45) is 4.99 Å². The lowest BCUT2D eigenvalue weighted by Crippen LogP contribution is -2.41. The van der Waals surface area contributed by atoms with E-state index in [2.05, 4.69) is 39.4 Å². The first-order valence-electron chi connectivity index (χ1n) is 6.43. The van der Waals surface area contributed by atoms with Gasteiger partial charge in [0.15, 0.2) is 5.96 Å². The average molecular weight is 446 g/mol. The first-order valence-corrected chi connectivity index (χ1v) is 9.13. The van der Waals surface area contributed by atoms with Gasteiger partial charge < -0.3 is 10.6 Å². The van der Waals surface area contributed by atoms with Crippen LogP contribution in [0.15, 0.2) is 17.1 Å². The molecule has 1 aromatic heterocycles. The Labute approximate surface area is 147 Å². The van der Waals surface area contributed by atoms with E-state index >= 15 is 0 Å². The Hall–Kier alpha value is -0.390. The van der Waals surface area contributed by atoms with Gasteiger partial charge in [0.25, 0.3) is 0 Å². The molecule has 1 aromatic rings. The number of aryl methyl sites for hydroxylation is 1. The smallest absolute Gasteiger partial charge is 0.208 e. The van der Waals surface area contributed by atoms with Crippen LogP contribution in [0.3, 0.4) is 0 Å². The predicted octanol–water partition coefficient (Wildman–Crippen LogP) is 1.28. The van der Waals surface area contributed by atoms with Crippen LogP contribution in [0, 0.1) is 6.92 Å². The lowest BCUT2D eigenvalue weighted by molar-refractivity contribution is 0.586. The van der Waals surface area contributed by atoms with Gasteiger partial charge in [-0.1, -0.05) is 0 Å². The highest BCUT2D eigenvalue weighted by atomic mass is 127. The van der Waals surface area contributed by atoms with Gasteiger partial charge in [-0.25, -0.2) is 18.1 Å². The zero-order valence-electron chi connectivity index (χ0n) is 12.5. The van der Waals surface area contributed by atoms with Crippen molar-refractivity contribution >= 4 is 51.3 Å².